The number of ether oxygens (including phenoxy) is 1. The van der Waals surface area contributed by atoms with E-state index in [0.717, 1.165) is 33.5 Å². The number of amides is 1. The van der Waals surface area contributed by atoms with Crippen LogP contribution in [0.25, 0.3) is 10.9 Å². The van der Waals surface area contributed by atoms with Crippen LogP contribution < -0.4 is 10.1 Å². The number of methoxy groups -OCH3 is 1. The number of carbonyl (C=O) groups excluding carboxylic acids is 1. The quantitative estimate of drug-likeness (QED) is 0.721. The smallest absolute Gasteiger partial charge is 0.216 e. The van der Waals surface area contributed by atoms with Gasteiger partial charge in [-0.1, -0.05) is 24.1 Å². The van der Waals surface area contributed by atoms with Gasteiger partial charge in [-0.05, 0) is 48.2 Å². The number of fused-ring (bicyclic) bond motifs is 1. The van der Waals surface area contributed by atoms with E-state index in [0.29, 0.717) is 13.0 Å². The maximum Gasteiger partial charge on any atom is 0.216 e. The fourth-order valence-electron chi connectivity index (χ4n) is 2.74. The van der Waals surface area contributed by atoms with Crippen molar-refractivity contribution in [1.29, 1.82) is 0 Å². The second-order valence-corrected chi connectivity index (χ2v) is 5.74. The monoisotopic (exact) mass is 332 g/mol. The lowest BCUT2D eigenvalue weighted by atomic mass is 10.1. The van der Waals surface area contributed by atoms with Crippen molar-refractivity contribution in [3.05, 3.63) is 65.4 Å². The Morgan fingerprint density at radius 2 is 1.96 bits per heavy atom. The minimum atomic E-state index is -0.0330. The van der Waals surface area contributed by atoms with Crippen molar-refractivity contribution in [2.45, 2.75) is 13.3 Å². The van der Waals surface area contributed by atoms with Crippen molar-refractivity contribution in [3.63, 3.8) is 0 Å². The molecule has 0 fully saturated rings. The van der Waals surface area contributed by atoms with E-state index in [1.807, 2.05) is 48.5 Å². The molecular formula is C21H20N2O2. The summed E-state index contributed by atoms with van der Waals surface area (Å²) in [5.41, 5.74) is 3.94. The van der Waals surface area contributed by atoms with Gasteiger partial charge in [0.25, 0.3) is 0 Å². The Balaban J connectivity index is 2.00. The van der Waals surface area contributed by atoms with Crippen LogP contribution in [0.2, 0.25) is 0 Å². The molecule has 4 nitrogen and oxygen atoms in total. The lowest BCUT2D eigenvalue weighted by Crippen LogP contribution is -2.22. The summed E-state index contributed by atoms with van der Waals surface area (Å²) in [5.74, 6) is 7.19. The van der Waals surface area contributed by atoms with Crippen LogP contribution in [-0.2, 0) is 11.2 Å². The van der Waals surface area contributed by atoms with Crippen molar-refractivity contribution in [2.75, 3.05) is 13.7 Å². The predicted molar refractivity (Wildman–Crippen MR) is 99.7 cm³/mol. The summed E-state index contributed by atoms with van der Waals surface area (Å²) >= 11 is 0. The van der Waals surface area contributed by atoms with Gasteiger partial charge in [-0.15, -0.1) is 0 Å². The molecule has 3 rings (SSSR count). The van der Waals surface area contributed by atoms with Crippen molar-refractivity contribution >= 4 is 16.8 Å². The highest BCUT2D eigenvalue weighted by molar-refractivity contribution is 5.87. The number of nitrogens with one attached hydrogen (secondary N) is 2. The molecule has 3 aromatic rings. The van der Waals surface area contributed by atoms with Gasteiger partial charge in [0.15, 0.2) is 0 Å². The molecule has 1 aromatic heterocycles. The standard InChI is InChI=1S/C21H20N2O2/c1-15(24)22-13-12-18-19-14-17(25-2)9-11-21(19)23-20(18)10-8-16-6-4-3-5-7-16/h3-7,9,11,14,23H,12-13H2,1-2H3,(H,22,24). The molecule has 0 saturated carbocycles. The average Bonchev–Trinajstić information content (AvgIpc) is 2.97. The fraction of sp³-hybridized carbons (Fsp3) is 0.190. The first-order chi connectivity index (χ1) is 12.2. The van der Waals surface area contributed by atoms with Gasteiger partial charge in [-0.25, -0.2) is 0 Å². The molecular weight excluding hydrogens is 312 g/mol. The van der Waals surface area contributed by atoms with Crippen LogP contribution in [-0.4, -0.2) is 24.5 Å². The Hall–Kier alpha value is -3.19. The van der Waals surface area contributed by atoms with Gasteiger partial charge in [0, 0.05) is 29.9 Å². The maximum absolute atomic E-state index is 11.2. The van der Waals surface area contributed by atoms with Crippen LogP contribution >= 0.6 is 0 Å². The normalized spacial score (nSPS) is 10.2. The Labute approximate surface area is 147 Å². The highest BCUT2D eigenvalue weighted by Crippen LogP contribution is 2.26. The van der Waals surface area contributed by atoms with Crippen molar-refractivity contribution in [1.82, 2.24) is 10.3 Å². The van der Waals surface area contributed by atoms with E-state index in [-0.39, 0.29) is 5.91 Å². The molecule has 0 unspecified atom stereocenters. The number of aromatic amines is 1. The molecule has 4 heteroatoms. The molecule has 0 aliphatic carbocycles. The van der Waals surface area contributed by atoms with Gasteiger partial charge in [0.1, 0.15) is 5.75 Å². The molecule has 0 radical (unpaired) electrons. The highest BCUT2D eigenvalue weighted by Gasteiger charge is 2.11. The summed E-state index contributed by atoms with van der Waals surface area (Å²) in [4.78, 5) is 14.5. The number of H-pyrrole nitrogens is 1. The summed E-state index contributed by atoms with van der Waals surface area (Å²) in [7, 11) is 1.65. The predicted octanol–water partition coefficient (Wildman–Crippen LogP) is 3.25. The summed E-state index contributed by atoms with van der Waals surface area (Å²) in [6.45, 7) is 2.09. The molecule has 1 amide bonds. The summed E-state index contributed by atoms with van der Waals surface area (Å²) < 4.78 is 5.34. The van der Waals surface area contributed by atoms with Gasteiger partial charge >= 0.3 is 0 Å². The Morgan fingerprint density at radius 3 is 2.68 bits per heavy atom. The van der Waals surface area contributed by atoms with Crippen molar-refractivity contribution < 1.29 is 9.53 Å². The summed E-state index contributed by atoms with van der Waals surface area (Å²) in [6.07, 6.45) is 0.700. The zero-order valence-corrected chi connectivity index (χ0v) is 14.3. The van der Waals surface area contributed by atoms with Gasteiger partial charge in [-0.2, -0.15) is 0 Å². The van der Waals surface area contributed by atoms with Gasteiger partial charge in [-0.3, -0.25) is 4.79 Å². The Kier molecular flexibility index (Phi) is 5.06. The number of rotatable bonds is 4. The summed E-state index contributed by atoms with van der Waals surface area (Å²) in [6, 6.07) is 15.8. The lowest BCUT2D eigenvalue weighted by Gasteiger charge is -2.04. The molecule has 2 N–H and O–H groups in total. The van der Waals surface area contributed by atoms with Gasteiger partial charge < -0.3 is 15.0 Å². The average molecular weight is 332 g/mol. The third-order valence-corrected chi connectivity index (χ3v) is 3.97. The number of hydrogen-bond acceptors (Lipinski definition) is 2. The first-order valence-corrected chi connectivity index (χ1v) is 8.17. The van der Waals surface area contributed by atoms with E-state index < -0.39 is 0 Å². The van der Waals surface area contributed by atoms with E-state index in [4.69, 9.17) is 4.74 Å². The van der Waals surface area contributed by atoms with E-state index in [2.05, 4.69) is 22.1 Å². The number of carbonyl (C=O) groups is 1. The number of benzene rings is 2. The topological polar surface area (TPSA) is 54.1 Å². The Bertz CT molecular complexity index is 946. The van der Waals surface area contributed by atoms with E-state index in [9.17, 15) is 4.79 Å². The van der Waals surface area contributed by atoms with Gasteiger partial charge in [0.2, 0.25) is 5.91 Å². The zero-order chi connectivity index (χ0) is 17.6. The number of hydrogen-bond donors (Lipinski definition) is 2. The molecule has 126 valence electrons. The molecule has 25 heavy (non-hydrogen) atoms. The minimum Gasteiger partial charge on any atom is -0.497 e. The summed E-state index contributed by atoms with van der Waals surface area (Å²) in [5, 5.41) is 3.92. The van der Waals surface area contributed by atoms with Gasteiger partial charge in [0.05, 0.1) is 12.8 Å². The molecule has 0 aliphatic heterocycles. The van der Waals surface area contributed by atoms with E-state index in [1.165, 1.54) is 6.92 Å². The van der Waals surface area contributed by atoms with Crippen molar-refractivity contribution in [3.8, 4) is 17.6 Å². The first-order valence-electron chi connectivity index (χ1n) is 8.17. The van der Waals surface area contributed by atoms with Crippen LogP contribution in [0.1, 0.15) is 23.7 Å². The van der Waals surface area contributed by atoms with Crippen LogP contribution in [0, 0.1) is 11.8 Å². The minimum absolute atomic E-state index is 0.0330. The van der Waals surface area contributed by atoms with Crippen LogP contribution in [0.5, 0.6) is 5.75 Å². The zero-order valence-electron chi connectivity index (χ0n) is 14.3. The van der Waals surface area contributed by atoms with E-state index >= 15 is 0 Å². The molecule has 0 atom stereocenters. The maximum atomic E-state index is 11.2. The largest absolute Gasteiger partial charge is 0.497 e. The Morgan fingerprint density at radius 1 is 1.16 bits per heavy atom. The SMILES string of the molecule is COc1ccc2[nH]c(C#Cc3ccccc3)c(CCNC(C)=O)c2c1. The third kappa shape index (κ3) is 4.02. The molecule has 0 bridgehead atoms. The second-order valence-electron chi connectivity index (χ2n) is 5.74. The molecule has 0 saturated heterocycles. The fourth-order valence-corrected chi connectivity index (χ4v) is 2.74. The second kappa shape index (κ2) is 7.59. The molecule has 2 aromatic carbocycles. The van der Waals surface area contributed by atoms with E-state index in [1.54, 1.807) is 7.11 Å². The van der Waals surface area contributed by atoms with Crippen LogP contribution in [0.3, 0.4) is 0 Å². The van der Waals surface area contributed by atoms with Crippen LogP contribution in [0.4, 0.5) is 0 Å². The molecule has 1 heterocycles. The molecule has 0 spiro atoms. The first kappa shape index (κ1) is 16.7. The number of aromatic nitrogens is 1. The van der Waals surface area contributed by atoms with Crippen molar-refractivity contribution in [2.24, 2.45) is 0 Å². The lowest BCUT2D eigenvalue weighted by molar-refractivity contribution is -0.118. The molecule has 0 aliphatic rings. The van der Waals surface area contributed by atoms with Crippen LogP contribution in [0.15, 0.2) is 48.5 Å². The third-order valence-electron chi connectivity index (χ3n) is 3.97. The highest BCUT2D eigenvalue weighted by atomic mass is 16.5.